The normalized spacial score (nSPS) is 12.6. The summed E-state index contributed by atoms with van der Waals surface area (Å²) in [6.07, 6.45) is -4.22. The number of benzene rings is 3. The number of para-hydroxylation sites is 1. The molecule has 0 saturated heterocycles. The largest absolute Gasteiger partial charge is 0.418 e. The summed E-state index contributed by atoms with van der Waals surface area (Å²) in [6.45, 7) is 5.94. The van der Waals surface area contributed by atoms with Gasteiger partial charge in [-0.2, -0.15) is 13.2 Å². The van der Waals surface area contributed by atoms with E-state index in [4.69, 9.17) is 0 Å². The van der Waals surface area contributed by atoms with E-state index in [0.29, 0.717) is 17.7 Å². The van der Waals surface area contributed by atoms with Gasteiger partial charge in [0.1, 0.15) is 5.25 Å². The lowest BCUT2D eigenvalue weighted by molar-refractivity contribution is -0.137. The lowest BCUT2D eigenvalue weighted by atomic mass is 9.92. The first-order valence-electron chi connectivity index (χ1n) is 11.0. The summed E-state index contributed by atoms with van der Waals surface area (Å²) in [5, 5.41) is 4.52. The number of alkyl halides is 3. The fraction of sp³-hybridized carbons (Fsp3) is 0.259. The third kappa shape index (κ3) is 7.89. The predicted octanol–water partition coefficient (Wildman–Crippen LogP) is 7.55. The van der Waals surface area contributed by atoms with Crippen LogP contribution in [-0.4, -0.2) is 11.8 Å². The molecule has 3 aromatic carbocycles. The highest BCUT2D eigenvalue weighted by Gasteiger charge is 2.34. The Bertz CT molecular complexity index is 1160. The summed E-state index contributed by atoms with van der Waals surface area (Å²) in [7, 11) is 0. The van der Waals surface area contributed by atoms with E-state index < -0.39 is 22.9 Å². The number of thioether (sulfide) groups is 1. The van der Waals surface area contributed by atoms with Gasteiger partial charge in [0.25, 0.3) is 0 Å². The topological polar surface area (TPSA) is 58.2 Å². The van der Waals surface area contributed by atoms with E-state index >= 15 is 0 Å². The molecule has 3 aromatic rings. The van der Waals surface area contributed by atoms with Crippen LogP contribution in [-0.2, 0) is 15.8 Å². The number of halogens is 3. The van der Waals surface area contributed by atoms with Gasteiger partial charge in [-0.25, -0.2) is 0 Å². The molecule has 4 nitrogen and oxygen atoms in total. The molecule has 1 atom stereocenters. The number of anilines is 2. The fourth-order valence-corrected chi connectivity index (χ4v) is 4.40. The minimum absolute atomic E-state index is 0.0947. The number of carbonyl (C=O) groups is 2. The molecule has 0 bridgehead atoms. The highest BCUT2D eigenvalue weighted by molar-refractivity contribution is 8.00. The van der Waals surface area contributed by atoms with Crippen LogP contribution in [0.2, 0.25) is 0 Å². The first-order valence-corrected chi connectivity index (χ1v) is 11.9. The van der Waals surface area contributed by atoms with E-state index in [0.717, 1.165) is 11.0 Å². The molecule has 35 heavy (non-hydrogen) atoms. The van der Waals surface area contributed by atoms with Crippen molar-refractivity contribution in [1.82, 2.24) is 0 Å². The Hall–Kier alpha value is -3.26. The second-order valence-electron chi connectivity index (χ2n) is 9.25. The van der Waals surface area contributed by atoms with Gasteiger partial charge in [-0.15, -0.1) is 11.8 Å². The standard InChI is InChI=1S/C27H27F3N2O2S/c1-26(2,3)17-23(33)31-19-13-15-20(16-14-19)35-24(18-9-5-4-6-10-18)25(34)32-22-12-8-7-11-21(22)27(28,29)30/h4-16,24H,17H2,1-3H3,(H,31,33)(H,32,34). The van der Waals surface area contributed by atoms with Gasteiger partial charge in [-0.3, -0.25) is 9.59 Å². The number of nitrogens with one attached hydrogen (secondary N) is 2. The minimum atomic E-state index is -4.59. The molecule has 0 aliphatic carbocycles. The molecule has 8 heteroatoms. The Kier molecular flexibility index (Phi) is 8.27. The fourth-order valence-electron chi connectivity index (χ4n) is 3.38. The Morgan fingerprint density at radius 2 is 1.43 bits per heavy atom. The van der Waals surface area contributed by atoms with Gasteiger partial charge in [0.15, 0.2) is 0 Å². The summed E-state index contributed by atoms with van der Waals surface area (Å²) < 4.78 is 40.2. The van der Waals surface area contributed by atoms with E-state index in [-0.39, 0.29) is 17.0 Å². The third-order valence-corrected chi connectivity index (χ3v) is 6.18. The highest BCUT2D eigenvalue weighted by Crippen LogP contribution is 2.39. The van der Waals surface area contributed by atoms with Crippen molar-refractivity contribution in [2.45, 2.75) is 43.5 Å². The van der Waals surface area contributed by atoms with Crippen molar-refractivity contribution in [3.8, 4) is 0 Å². The van der Waals surface area contributed by atoms with Crippen LogP contribution in [0.25, 0.3) is 0 Å². The predicted molar refractivity (Wildman–Crippen MR) is 134 cm³/mol. The van der Waals surface area contributed by atoms with Gasteiger partial charge >= 0.3 is 6.18 Å². The van der Waals surface area contributed by atoms with E-state index in [1.165, 1.54) is 30.0 Å². The SMILES string of the molecule is CC(C)(C)CC(=O)Nc1ccc(SC(C(=O)Nc2ccccc2C(F)(F)F)c2ccccc2)cc1. The van der Waals surface area contributed by atoms with Crippen molar-refractivity contribution in [3.63, 3.8) is 0 Å². The summed E-state index contributed by atoms with van der Waals surface area (Å²) in [6, 6.07) is 20.8. The summed E-state index contributed by atoms with van der Waals surface area (Å²) in [4.78, 5) is 26.1. The molecule has 0 saturated carbocycles. The molecule has 0 fully saturated rings. The minimum Gasteiger partial charge on any atom is -0.326 e. The van der Waals surface area contributed by atoms with Crippen molar-refractivity contribution in [3.05, 3.63) is 90.0 Å². The number of carbonyl (C=O) groups excluding carboxylic acids is 2. The zero-order chi connectivity index (χ0) is 25.6. The molecule has 0 radical (unpaired) electrons. The third-order valence-electron chi connectivity index (χ3n) is 4.91. The lowest BCUT2D eigenvalue weighted by Gasteiger charge is -2.19. The average Bonchev–Trinajstić information content (AvgIpc) is 2.77. The van der Waals surface area contributed by atoms with Crippen LogP contribution >= 0.6 is 11.8 Å². The Balaban J connectivity index is 1.79. The van der Waals surface area contributed by atoms with Crippen molar-refractivity contribution in [1.29, 1.82) is 0 Å². The molecule has 0 heterocycles. The number of hydrogen-bond acceptors (Lipinski definition) is 3. The van der Waals surface area contributed by atoms with Crippen LogP contribution in [0.15, 0.2) is 83.8 Å². The Morgan fingerprint density at radius 3 is 2.03 bits per heavy atom. The van der Waals surface area contributed by atoms with Crippen LogP contribution in [0.3, 0.4) is 0 Å². The maximum Gasteiger partial charge on any atom is 0.418 e. The molecule has 0 aliphatic rings. The van der Waals surface area contributed by atoms with E-state index in [2.05, 4.69) is 10.6 Å². The lowest BCUT2D eigenvalue weighted by Crippen LogP contribution is -2.21. The average molecular weight is 501 g/mol. The molecule has 1 unspecified atom stereocenters. The highest BCUT2D eigenvalue weighted by atomic mass is 32.2. The van der Waals surface area contributed by atoms with E-state index in [1.807, 2.05) is 20.8 Å². The van der Waals surface area contributed by atoms with Crippen molar-refractivity contribution in [2.75, 3.05) is 10.6 Å². The second-order valence-corrected chi connectivity index (χ2v) is 10.4. The molecular formula is C27H27F3N2O2S. The molecule has 2 amide bonds. The van der Waals surface area contributed by atoms with Gasteiger partial charge in [-0.05, 0) is 47.4 Å². The van der Waals surface area contributed by atoms with Gasteiger partial charge in [0, 0.05) is 17.0 Å². The van der Waals surface area contributed by atoms with Gasteiger partial charge in [0.2, 0.25) is 11.8 Å². The first kappa shape index (κ1) is 26.3. The molecule has 2 N–H and O–H groups in total. The van der Waals surface area contributed by atoms with Crippen molar-refractivity contribution >= 4 is 35.0 Å². The zero-order valence-corrected chi connectivity index (χ0v) is 20.5. The Labute approximate surface area is 207 Å². The molecule has 0 spiro atoms. The quantitative estimate of drug-likeness (QED) is 0.329. The van der Waals surface area contributed by atoms with Gasteiger partial charge in [0.05, 0.1) is 11.3 Å². The van der Waals surface area contributed by atoms with Gasteiger partial charge < -0.3 is 10.6 Å². The van der Waals surface area contributed by atoms with Crippen LogP contribution in [0.1, 0.15) is 43.6 Å². The number of hydrogen-bond donors (Lipinski definition) is 2. The summed E-state index contributed by atoms with van der Waals surface area (Å²) >= 11 is 1.21. The summed E-state index contributed by atoms with van der Waals surface area (Å²) in [5.74, 6) is -0.664. The summed E-state index contributed by atoms with van der Waals surface area (Å²) in [5.41, 5.74) is -0.0460. The van der Waals surface area contributed by atoms with Crippen LogP contribution in [0, 0.1) is 5.41 Å². The number of amides is 2. The first-order chi connectivity index (χ1) is 16.4. The molecule has 184 valence electrons. The smallest absolute Gasteiger partial charge is 0.326 e. The van der Waals surface area contributed by atoms with Gasteiger partial charge in [-0.1, -0.05) is 63.2 Å². The Morgan fingerprint density at radius 1 is 0.829 bits per heavy atom. The van der Waals surface area contributed by atoms with Crippen molar-refractivity contribution < 1.29 is 22.8 Å². The van der Waals surface area contributed by atoms with E-state index in [9.17, 15) is 22.8 Å². The van der Waals surface area contributed by atoms with Crippen LogP contribution < -0.4 is 10.6 Å². The molecular weight excluding hydrogens is 473 g/mol. The van der Waals surface area contributed by atoms with Crippen molar-refractivity contribution in [2.24, 2.45) is 5.41 Å². The monoisotopic (exact) mass is 500 g/mol. The van der Waals surface area contributed by atoms with Crippen LogP contribution in [0.5, 0.6) is 0 Å². The maximum atomic E-state index is 13.4. The van der Waals surface area contributed by atoms with Crippen LogP contribution in [0.4, 0.5) is 24.5 Å². The zero-order valence-electron chi connectivity index (χ0n) is 19.6. The number of rotatable bonds is 7. The molecule has 3 rings (SSSR count). The second kappa shape index (κ2) is 11.0. The molecule has 0 aliphatic heterocycles. The van der Waals surface area contributed by atoms with E-state index in [1.54, 1.807) is 54.6 Å². The molecule has 0 aromatic heterocycles. The maximum absolute atomic E-state index is 13.4.